The number of alkyl halides is 1. The van der Waals surface area contributed by atoms with Gasteiger partial charge >= 0.3 is 0 Å². The molecule has 1 atom stereocenters. The van der Waals surface area contributed by atoms with Crippen molar-refractivity contribution in [3.05, 3.63) is 65.7 Å². The van der Waals surface area contributed by atoms with Crippen molar-refractivity contribution in [2.75, 3.05) is 5.88 Å². The molecule has 6 heteroatoms. The second-order valence-corrected chi connectivity index (χ2v) is 6.87. The summed E-state index contributed by atoms with van der Waals surface area (Å²) in [5, 5.41) is 5.70. The van der Waals surface area contributed by atoms with E-state index in [1.54, 1.807) is 23.2 Å². The minimum atomic E-state index is -0.267. The maximum absolute atomic E-state index is 15.0. The van der Waals surface area contributed by atoms with Crippen molar-refractivity contribution in [1.82, 2.24) is 14.7 Å². The third kappa shape index (κ3) is 3.07. The molecule has 0 saturated heterocycles. The Balaban J connectivity index is 1.64. The quantitative estimate of drug-likeness (QED) is 0.655. The van der Waals surface area contributed by atoms with Gasteiger partial charge in [0.1, 0.15) is 11.7 Å². The lowest BCUT2D eigenvalue weighted by Gasteiger charge is -2.34. The molecule has 0 fully saturated rings. The summed E-state index contributed by atoms with van der Waals surface area (Å²) in [6, 6.07) is 13.0. The van der Waals surface area contributed by atoms with E-state index in [2.05, 4.69) is 5.10 Å². The van der Waals surface area contributed by atoms with Crippen molar-refractivity contribution >= 4 is 28.3 Å². The maximum Gasteiger partial charge on any atom is 0.238 e. The molecule has 0 radical (unpaired) electrons. The molecule has 3 aromatic rings. The Kier molecular flexibility index (Phi) is 4.64. The van der Waals surface area contributed by atoms with E-state index in [1.807, 2.05) is 35.0 Å². The molecule has 134 valence electrons. The second kappa shape index (κ2) is 7.08. The molecule has 1 unspecified atom stereocenters. The third-order valence-corrected chi connectivity index (χ3v) is 5.31. The van der Waals surface area contributed by atoms with Crippen molar-refractivity contribution in [3.8, 4) is 0 Å². The summed E-state index contributed by atoms with van der Waals surface area (Å²) in [4.78, 5) is 14.2. The summed E-state index contributed by atoms with van der Waals surface area (Å²) in [7, 11) is 0. The van der Waals surface area contributed by atoms with Crippen LogP contribution in [0.25, 0.3) is 10.8 Å². The molecule has 0 saturated carbocycles. The zero-order valence-electron chi connectivity index (χ0n) is 14.2. The van der Waals surface area contributed by atoms with Gasteiger partial charge in [0.15, 0.2) is 0 Å². The van der Waals surface area contributed by atoms with E-state index in [0.29, 0.717) is 17.4 Å². The average molecular weight is 372 g/mol. The first-order valence-electron chi connectivity index (χ1n) is 8.69. The minimum absolute atomic E-state index is 0.00341. The van der Waals surface area contributed by atoms with E-state index >= 15 is 0 Å². The van der Waals surface area contributed by atoms with Gasteiger partial charge in [-0.1, -0.05) is 36.4 Å². The molecule has 2 heterocycles. The van der Waals surface area contributed by atoms with Gasteiger partial charge in [0.2, 0.25) is 5.91 Å². The third-order valence-electron chi connectivity index (χ3n) is 5.08. The van der Waals surface area contributed by atoms with E-state index in [4.69, 9.17) is 11.6 Å². The summed E-state index contributed by atoms with van der Waals surface area (Å²) in [5.74, 6) is -0.543. The summed E-state index contributed by atoms with van der Waals surface area (Å²) < 4.78 is 16.9. The average Bonchev–Trinajstić information content (AvgIpc) is 3.15. The summed E-state index contributed by atoms with van der Waals surface area (Å²) in [6.45, 7) is 0.973. The van der Waals surface area contributed by atoms with Crippen LogP contribution < -0.4 is 0 Å². The van der Waals surface area contributed by atoms with Gasteiger partial charge in [-0.25, -0.2) is 4.39 Å². The van der Waals surface area contributed by atoms with Crippen molar-refractivity contribution in [2.45, 2.75) is 32.0 Å². The molecule has 0 N–H and O–H groups in total. The molecule has 1 aliphatic rings. The number of amides is 1. The van der Waals surface area contributed by atoms with Gasteiger partial charge in [0.05, 0.1) is 0 Å². The van der Waals surface area contributed by atoms with Crippen LogP contribution in [0.15, 0.2) is 48.7 Å². The summed E-state index contributed by atoms with van der Waals surface area (Å²) in [6.07, 6.45) is 3.26. The summed E-state index contributed by atoms with van der Waals surface area (Å²) >= 11 is 5.84. The molecule has 0 spiro atoms. The van der Waals surface area contributed by atoms with Gasteiger partial charge in [-0.2, -0.15) is 5.10 Å². The van der Waals surface area contributed by atoms with Crippen LogP contribution >= 0.6 is 11.6 Å². The van der Waals surface area contributed by atoms with Crippen LogP contribution in [0.2, 0.25) is 0 Å². The van der Waals surface area contributed by atoms with Crippen LogP contribution in [0, 0.1) is 5.82 Å². The van der Waals surface area contributed by atoms with E-state index in [-0.39, 0.29) is 30.2 Å². The molecule has 0 bridgehead atoms. The molecular formula is C20H19ClFN3O. The lowest BCUT2D eigenvalue weighted by atomic mass is 10.0. The number of rotatable bonds is 4. The monoisotopic (exact) mass is 371 g/mol. The molecule has 1 aromatic heterocycles. The Labute approximate surface area is 156 Å². The topological polar surface area (TPSA) is 38.1 Å². The number of halogens is 2. The molecule has 4 rings (SSSR count). The molecule has 4 nitrogen and oxygen atoms in total. The highest BCUT2D eigenvalue weighted by Gasteiger charge is 2.28. The smallest absolute Gasteiger partial charge is 0.238 e. The Bertz CT molecular complexity index is 955. The van der Waals surface area contributed by atoms with E-state index < -0.39 is 0 Å². The van der Waals surface area contributed by atoms with Gasteiger partial charge in [-0.3, -0.25) is 9.48 Å². The predicted molar refractivity (Wildman–Crippen MR) is 99.5 cm³/mol. The highest BCUT2D eigenvalue weighted by Crippen LogP contribution is 2.25. The van der Waals surface area contributed by atoms with E-state index in [1.165, 1.54) is 0 Å². The largest absolute Gasteiger partial charge is 0.334 e. The number of benzene rings is 2. The minimum Gasteiger partial charge on any atom is -0.334 e. The van der Waals surface area contributed by atoms with Crippen LogP contribution in [0.4, 0.5) is 4.39 Å². The van der Waals surface area contributed by atoms with Crippen LogP contribution in [-0.2, 0) is 24.3 Å². The van der Waals surface area contributed by atoms with E-state index in [9.17, 15) is 9.18 Å². The van der Waals surface area contributed by atoms with Crippen LogP contribution in [0.1, 0.15) is 17.7 Å². The maximum atomic E-state index is 15.0. The van der Waals surface area contributed by atoms with Crippen LogP contribution in [0.3, 0.4) is 0 Å². The number of nitrogens with zero attached hydrogens (tertiary/aromatic N) is 3. The van der Waals surface area contributed by atoms with Crippen LogP contribution in [-0.4, -0.2) is 32.5 Å². The first-order chi connectivity index (χ1) is 12.7. The molecule has 26 heavy (non-hydrogen) atoms. The Morgan fingerprint density at radius 2 is 2.12 bits per heavy atom. The van der Waals surface area contributed by atoms with Crippen molar-refractivity contribution in [1.29, 1.82) is 0 Å². The van der Waals surface area contributed by atoms with Crippen molar-refractivity contribution in [2.24, 2.45) is 0 Å². The molecule has 1 aliphatic heterocycles. The first kappa shape index (κ1) is 17.0. The summed E-state index contributed by atoms with van der Waals surface area (Å²) in [5.41, 5.74) is 1.61. The molecule has 0 aliphatic carbocycles. The Hall–Kier alpha value is -2.40. The van der Waals surface area contributed by atoms with Gasteiger partial charge in [0.25, 0.3) is 0 Å². The standard InChI is InChI=1S/C20H19ClFN3O/c21-12-19(26)24(16-8-10-25-17(11-16)7-9-23-25)13-15-6-5-14-3-1-2-4-18(14)20(15)22/h1-7,9,16H,8,10-13H2. The zero-order chi connectivity index (χ0) is 18.1. The normalized spacial score (nSPS) is 16.5. The predicted octanol–water partition coefficient (Wildman–Crippen LogP) is 3.76. The number of hydrogen-bond acceptors (Lipinski definition) is 2. The van der Waals surface area contributed by atoms with Gasteiger partial charge < -0.3 is 4.90 Å². The number of hydrogen-bond donors (Lipinski definition) is 0. The zero-order valence-corrected chi connectivity index (χ0v) is 15.0. The van der Waals surface area contributed by atoms with Gasteiger partial charge in [-0.15, -0.1) is 11.6 Å². The van der Waals surface area contributed by atoms with Gasteiger partial charge in [-0.05, 0) is 17.9 Å². The number of aryl methyl sites for hydroxylation is 1. The van der Waals surface area contributed by atoms with Crippen molar-refractivity contribution < 1.29 is 9.18 Å². The fourth-order valence-electron chi connectivity index (χ4n) is 3.70. The highest BCUT2D eigenvalue weighted by molar-refractivity contribution is 6.27. The first-order valence-corrected chi connectivity index (χ1v) is 9.23. The number of carbonyl (C=O) groups is 1. The molecule has 2 aromatic carbocycles. The number of aromatic nitrogens is 2. The lowest BCUT2D eigenvalue weighted by molar-refractivity contribution is -0.132. The van der Waals surface area contributed by atoms with Crippen molar-refractivity contribution in [3.63, 3.8) is 0 Å². The second-order valence-electron chi connectivity index (χ2n) is 6.61. The Morgan fingerprint density at radius 3 is 2.96 bits per heavy atom. The molecule has 1 amide bonds. The lowest BCUT2D eigenvalue weighted by Crippen LogP contribution is -2.44. The number of fused-ring (bicyclic) bond motifs is 2. The number of carbonyl (C=O) groups excluding carboxylic acids is 1. The fraction of sp³-hybridized carbons (Fsp3) is 0.300. The van der Waals surface area contributed by atoms with Gasteiger partial charge in [0, 0.05) is 48.4 Å². The highest BCUT2D eigenvalue weighted by atomic mass is 35.5. The van der Waals surface area contributed by atoms with Crippen LogP contribution in [0.5, 0.6) is 0 Å². The van der Waals surface area contributed by atoms with E-state index in [0.717, 1.165) is 24.0 Å². The fourth-order valence-corrected chi connectivity index (χ4v) is 3.85. The SMILES string of the molecule is O=C(CCl)N(Cc1ccc2ccccc2c1F)C1CCn2nccc2C1. The molecular weight excluding hydrogens is 353 g/mol. The Morgan fingerprint density at radius 1 is 1.27 bits per heavy atom.